The Balaban J connectivity index is 2.76. The van der Waals surface area contributed by atoms with Crippen LogP contribution in [0.2, 0.25) is 0 Å². The maximum Gasteiger partial charge on any atom is 0.190 e. The Bertz CT molecular complexity index is 388. The third-order valence-corrected chi connectivity index (χ3v) is 2.43. The Morgan fingerprint density at radius 1 is 1.41 bits per heavy atom. The molecule has 0 aliphatic rings. The number of benzene rings is 1. The maximum absolute atomic E-state index is 5.62. The summed E-state index contributed by atoms with van der Waals surface area (Å²) in [6.45, 7) is 5.43. The van der Waals surface area contributed by atoms with E-state index in [9.17, 15) is 0 Å². The topological polar surface area (TPSA) is 45.6 Å². The molecule has 4 heteroatoms. The van der Waals surface area contributed by atoms with Gasteiger partial charge in [0.05, 0.1) is 6.61 Å². The lowest BCUT2D eigenvalue weighted by Gasteiger charge is -2.13. The molecular formula is C13H21N3O. The largest absolute Gasteiger partial charge is 0.494 e. The minimum Gasteiger partial charge on any atom is -0.494 e. The quantitative estimate of drug-likeness (QED) is 0.616. The molecule has 1 rings (SSSR count). The molecule has 0 atom stereocenters. The van der Waals surface area contributed by atoms with E-state index < -0.39 is 0 Å². The molecule has 0 amide bonds. The molecule has 0 radical (unpaired) electrons. The number of aryl methyl sites for hydroxylation is 1. The van der Waals surface area contributed by atoms with Crippen LogP contribution in [0.4, 0.5) is 0 Å². The van der Waals surface area contributed by atoms with E-state index >= 15 is 0 Å². The molecule has 0 aliphatic heterocycles. The first-order valence-corrected chi connectivity index (χ1v) is 5.82. The average Bonchev–Trinajstić information content (AvgIpc) is 2.33. The van der Waals surface area contributed by atoms with E-state index in [-0.39, 0.29) is 0 Å². The van der Waals surface area contributed by atoms with Gasteiger partial charge in [0.1, 0.15) is 5.75 Å². The summed E-state index contributed by atoms with van der Waals surface area (Å²) in [6, 6.07) is 6.22. The summed E-state index contributed by atoms with van der Waals surface area (Å²) in [7, 11) is 3.59. The van der Waals surface area contributed by atoms with Crippen LogP contribution in [-0.4, -0.2) is 26.7 Å². The molecule has 94 valence electrons. The van der Waals surface area contributed by atoms with E-state index in [0.29, 0.717) is 13.2 Å². The molecule has 1 aromatic rings. The zero-order valence-corrected chi connectivity index (χ0v) is 11.0. The molecule has 0 saturated heterocycles. The van der Waals surface area contributed by atoms with Crippen molar-refractivity contribution in [1.29, 1.82) is 0 Å². The highest BCUT2D eigenvalue weighted by atomic mass is 16.5. The molecule has 0 bridgehead atoms. The molecule has 0 saturated carbocycles. The summed E-state index contributed by atoms with van der Waals surface area (Å²) in [6.07, 6.45) is 0. The van der Waals surface area contributed by atoms with E-state index in [0.717, 1.165) is 17.3 Å². The van der Waals surface area contributed by atoms with Crippen molar-refractivity contribution in [3.05, 3.63) is 29.3 Å². The highest BCUT2D eigenvalue weighted by Gasteiger charge is 2.04. The smallest absolute Gasteiger partial charge is 0.190 e. The summed E-state index contributed by atoms with van der Waals surface area (Å²) in [5.41, 5.74) is 2.34. The van der Waals surface area contributed by atoms with E-state index in [2.05, 4.69) is 40.7 Å². The minimum atomic E-state index is 0.678. The summed E-state index contributed by atoms with van der Waals surface area (Å²) in [5.74, 6) is 1.71. The van der Waals surface area contributed by atoms with Crippen molar-refractivity contribution in [2.75, 3.05) is 20.7 Å². The van der Waals surface area contributed by atoms with Crippen molar-refractivity contribution >= 4 is 5.96 Å². The highest BCUT2D eigenvalue weighted by Crippen LogP contribution is 2.20. The third-order valence-electron chi connectivity index (χ3n) is 2.43. The van der Waals surface area contributed by atoms with Crippen molar-refractivity contribution < 1.29 is 4.74 Å². The molecule has 2 N–H and O–H groups in total. The number of rotatable bonds is 4. The van der Waals surface area contributed by atoms with Gasteiger partial charge in [-0.15, -0.1) is 0 Å². The predicted molar refractivity (Wildman–Crippen MR) is 71.6 cm³/mol. The van der Waals surface area contributed by atoms with Crippen LogP contribution in [-0.2, 0) is 6.54 Å². The first-order chi connectivity index (χ1) is 8.21. The fourth-order valence-electron chi connectivity index (χ4n) is 1.56. The van der Waals surface area contributed by atoms with Gasteiger partial charge in [-0.3, -0.25) is 4.99 Å². The van der Waals surface area contributed by atoms with Gasteiger partial charge in [0.15, 0.2) is 5.96 Å². The predicted octanol–water partition coefficient (Wildman–Crippen LogP) is 1.69. The molecule has 0 aliphatic carbocycles. The molecule has 4 nitrogen and oxygen atoms in total. The summed E-state index contributed by atoms with van der Waals surface area (Å²) < 4.78 is 5.62. The van der Waals surface area contributed by atoms with Gasteiger partial charge in [-0.2, -0.15) is 0 Å². The van der Waals surface area contributed by atoms with Crippen molar-refractivity contribution in [2.45, 2.75) is 20.4 Å². The van der Waals surface area contributed by atoms with Crippen LogP contribution < -0.4 is 15.4 Å². The standard InChI is InChI=1S/C13H21N3O/c1-5-17-12-8-10(2)6-7-11(12)9-16-13(14-3)15-4/h6-8H,5,9H2,1-4H3,(H2,14,15,16). The second kappa shape index (κ2) is 6.78. The lowest BCUT2D eigenvalue weighted by molar-refractivity contribution is 0.336. The first kappa shape index (κ1) is 13.4. The van der Waals surface area contributed by atoms with E-state index in [1.807, 2.05) is 14.0 Å². The highest BCUT2D eigenvalue weighted by molar-refractivity contribution is 5.79. The molecule has 17 heavy (non-hydrogen) atoms. The third kappa shape index (κ3) is 3.98. The molecule has 1 aromatic carbocycles. The van der Waals surface area contributed by atoms with Crippen molar-refractivity contribution in [3.63, 3.8) is 0 Å². The normalized spacial score (nSPS) is 11.2. The van der Waals surface area contributed by atoms with Crippen molar-refractivity contribution in [3.8, 4) is 5.75 Å². The Kier molecular flexibility index (Phi) is 5.33. The molecular weight excluding hydrogens is 214 g/mol. The molecule has 0 heterocycles. The lowest BCUT2D eigenvalue weighted by atomic mass is 10.1. The number of hydrogen-bond donors (Lipinski definition) is 2. The SMILES string of the molecule is CCOc1cc(C)ccc1CNC(=NC)NC. The zero-order chi connectivity index (χ0) is 12.7. The number of nitrogens with zero attached hydrogens (tertiary/aromatic N) is 1. The Morgan fingerprint density at radius 3 is 2.76 bits per heavy atom. The lowest BCUT2D eigenvalue weighted by Crippen LogP contribution is -2.34. The van der Waals surface area contributed by atoms with Gasteiger partial charge in [-0.05, 0) is 25.5 Å². The van der Waals surface area contributed by atoms with Gasteiger partial charge < -0.3 is 15.4 Å². The number of guanidine groups is 1. The van der Waals surface area contributed by atoms with Gasteiger partial charge in [0.2, 0.25) is 0 Å². The number of hydrogen-bond acceptors (Lipinski definition) is 2. The fourth-order valence-corrected chi connectivity index (χ4v) is 1.56. The van der Waals surface area contributed by atoms with Crippen LogP contribution in [0.1, 0.15) is 18.1 Å². The van der Waals surface area contributed by atoms with Crippen LogP contribution in [0.3, 0.4) is 0 Å². The van der Waals surface area contributed by atoms with Crippen molar-refractivity contribution in [2.24, 2.45) is 4.99 Å². The number of ether oxygens (including phenoxy) is 1. The summed E-state index contributed by atoms with van der Waals surface area (Å²) in [5, 5.41) is 6.20. The number of nitrogens with one attached hydrogen (secondary N) is 2. The fraction of sp³-hybridized carbons (Fsp3) is 0.462. The van der Waals surface area contributed by atoms with Crippen LogP contribution >= 0.6 is 0 Å². The van der Waals surface area contributed by atoms with E-state index in [4.69, 9.17) is 4.74 Å². The Hall–Kier alpha value is -1.71. The first-order valence-electron chi connectivity index (χ1n) is 5.82. The summed E-state index contributed by atoms with van der Waals surface area (Å²) in [4.78, 5) is 4.07. The van der Waals surface area contributed by atoms with Crippen molar-refractivity contribution in [1.82, 2.24) is 10.6 Å². The van der Waals surface area contributed by atoms with Crippen LogP contribution in [0.25, 0.3) is 0 Å². The average molecular weight is 235 g/mol. The van der Waals surface area contributed by atoms with Gasteiger partial charge in [0.25, 0.3) is 0 Å². The van der Waals surface area contributed by atoms with Crippen LogP contribution in [0.15, 0.2) is 23.2 Å². The molecule has 0 aromatic heterocycles. The van der Waals surface area contributed by atoms with Crippen LogP contribution in [0.5, 0.6) is 5.75 Å². The monoisotopic (exact) mass is 235 g/mol. The van der Waals surface area contributed by atoms with Gasteiger partial charge in [0, 0.05) is 26.2 Å². The van der Waals surface area contributed by atoms with Gasteiger partial charge in [-0.25, -0.2) is 0 Å². The molecule has 0 fully saturated rings. The van der Waals surface area contributed by atoms with Crippen LogP contribution in [0, 0.1) is 6.92 Å². The van der Waals surface area contributed by atoms with Gasteiger partial charge >= 0.3 is 0 Å². The Labute approximate surface area is 103 Å². The zero-order valence-electron chi connectivity index (χ0n) is 11.0. The summed E-state index contributed by atoms with van der Waals surface area (Å²) >= 11 is 0. The van der Waals surface area contributed by atoms with E-state index in [1.165, 1.54) is 5.56 Å². The molecule has 0 unspecified atom stereocenters. The molecule has 0 spiro atoms. The van der Waals surface area contributed by atoms with E-state index in [1.54, 1.807) is 7.05 Å². The minimum absolute atomic E-state index is 0.678. The second-order valence-corrected chi connectivity index (χ2v) is 3.72. The maximum atomic E-state index is 5.62. The second-order valence-electron chi connectivity index (χ2n) is 3.72. The van der Waals surface area contributed by atoms with Gasteiger partial charge in [-0.1, -0.05) is 12.1 Å². The number of aliphatic imine (C=N–C) groups is 1. The Morgan fingerprint density at radius 2 is 2.18 bits per heavy atom.